The van der Waals surface area contributed by atoms with Crippen LogP contribution in [0.25, 0.3) is 0 Å². The van der Waals surface area contributed by atoms with Crippen molar-refractivity contribution in [2.45, 2.75) is 19.0 Å². The number of nitrogens with two attached hydrogens (primary N) is 1. The summed E-state index contributed by atoms with van der Waals surface area (Å²) in [5.41, 5.74) is 7.16. The summed E-state index contributed by atoms with van der Waals surface area (Å²) in [6, 6.07) is 5.47. The predicted octanol–water partition coefficient (Wildman–Crippen LogP) is 1.79. The molecule has 0 spiro atoms. The molecular formula is C18H15N3O6S. The molecule has 3 heterocycles. The summed E-state index contributed by atoms with van der Waals surface area (Å²) in [4.78, 5) is 51.4. The van der Waals surface area contributed by atoms with E-state index in [0.717, 1.165) is 21.1 Å². The first-order chi connectivity index (χ1) is 13.3. The number of fused-ring (bicyclic) bond motifs is 2. The van der Waals surface area contributed by atoms with Crippen molar-refractivity contribution < 1.29 is 29.4 Å². The molecular weight excluding hydrogens is 386 g/mol. The van der Waals surface area contributed by atoms with Gasteiger partial charge in [0.25, 0.3) is 11.8 Å². The predicted molar refractivity (Wildman–Crippen MR) is 98.2 cm³/mol. The number of hydrogen-bond acceptors (Lipinski definition) is 6. The van der Waals surface area contributed by atoms with E-state index in [2.05, 4.69) is 0 Å². The maximum Gasteiger partial charge on any atom is 0.408 e. The molecule has 4 N–H and O–H groups in total. The van der Waals surface area contributed by atoms with E-state index in [0.29, 0.717) is 16.7 Å². The molecule has 2 aliphatic rings. The topological polar surface area (TPSA) is 141 Å². The third-order valence-electron chi connectivity index (χ3n) is 5.01. The fourth-order valence-electron chi connectivity index (χ4n) is 3.74. The Kier molecular flexibility index (Phi) is 4.07. The van der Waals surface area contributed by atoms with E-state index in [1.54, 1.807) is 24.3 Å². The second kappa shape index (κ2) is 6.34. The zero-order chi connectivity index (χ0) is 20.2. The van der Waals surface area contributed by atoms with Gasteiger partial charge in [0, 0.05) is 17.0 Å². The normalized spacial score (nSPS) is 18.0. The van der Waals surface area contributed by atoms with E-state index in [-0.39, 0.29) is 35.0 Å². The van der Waals surface area contributed by atoms with Crippen LogP contribution in [0.3, 0.4) is 0 Å². The van der Waals surface area contributed by atoms with Crippen molar-refractivity contribution in [2.75, 3.05) is 12.3 Å². The Morgan fingerprint density at radius 2 is 1.89 bits per heavy atom. The number of anilines is 1. The molecule has 144 valence electrons. The lowest BCUT2D eigenvalue weighted by Gasteiger charge is -2.34. The van der Waals surface area contributed by atoms with Crippen LogP contribution in [0.4, 0.5) is 9.80 Å². The summed E-state index contributed by atoms with van der Waals surface area (Å²) >= 11 is 0.880. The largest absolute Gasteiger partial charge is 0.478 e. The molecule has 0 radical (unpaired) electrons. The Bertz CT molecular complexity index is 1050. The van der Waals surface area contributed by atoms with Crippen LogP contribution >= 0.6 is 11.3 Å². The molecule has 0 saturated heterocycles. The highest BCUT2D eigenvalue weighted by molar-refractivity contribution is 7.16. The Hall–Kier alpha value is -3.40. The van der Waals surface area contributed by atoms with Gasteiger partial charge in [-0.05, 0) is 23.6 Å². The van der Waals surface area contributed by atoms with E-state index in [1.807, 2.05) is 0 Å². The first-order valence-corrected chi connectivity index (χ1v) is 9.20. The SMILES string of the molecule is Nc1sc2c(c1C(=O)O)CCN(C(=O)O)C2C(=O)N1Cc2ccccc2C1=O. The van der Waals surface area contributed by atoms with Crippen molar-refractivity contribution in [3.8, 4) is 0 Å². The maximum atomic E-state index is 13.3. The highest BCUT2D eigenvalue weighted by Gasteiger charge is 2.45. The maximum absolute atomic E-state index is 13.3. The molecule has 2 aromatic rings. The van der Waals surface area contributed by atoms with E-state index in [1.165, 1.54) is 0 Å². The van der Waals surface area contributed by atoms with Crippen LogP contribution in [0, 0.1) is 0 Å². The lowest BCUT2D eigenvalue weighted by Crippen LogP contribution is -2.48. The number of amides is 3. The number of carboxylic acids is 1. The first kappa shape index (κ1) is 18.0. The molecule has 2 aliphatic heterocycles. The van der Waals surface area contributed by atoms with Gasteiger partial charge >= 0.3 is 12.1 Å². The Morgan fingerprint density at radius 3 is 2.54 bits per heavy atom. The van der Waals surface area contributed by atoms with Crippen LogP contribution < -0.4 is 5.73 Å². The van der Waals surface area contributed by atoms with Gasteiger partial charge in [0.2, 0.25) is 0 Å². The van der Waals surface area contributed by atoms with Crippen molar-refractivity contribution in [1.82, 2.24) is 9.80 Å². The third-order valence-corrected chi connectivity index (χ3v) is 6.12. The van der Waals surface area contributed by atoms with Crippen LogP contribution in [0.1, 0.15) is 42.8 Å². The van der Waals surface area contributed by atoms with E-state index < -0.39 is 29.9 Å². The Balaban J connectivity index is 1.78. The van der Waals surface area contributed by atoms with Crippen LogP contribution in [0.2, 0.25) is 0 Å². The molecule has 0 bridgehead atoms. The van der Waals surface area contributed by atoms with Crippen molar-refractivity contribution >= 4 is 40.2 Å². The zero-order valence-electron chi connectivity index (χ0n) is 14.4. The molecule has 1 unspecified atom stereocenters. The van der Waals surface area contributed by atoms with Crippen LogP contribution in [0.15, 0.2) is 24.3 Å². The number of thiophene rings is 1. The molecule has 1 aromatic heterocycles. The number of carbonyl (C=O) groups is 4. The summed E-state index contributed by atoms with van der Waals surface area (Å²) in [5, 5.41) is 19.0. The summed E-state index contributed by atoms with van der Waals surface area (Å²) in [6.07, 6.45) is -1.19. The molecule has 0 fully saturated rings. The van der Waals surface area contributed by atoms with Crippen molar-refractivity contribution in [1.29, 1.82) is 0 Å². The molecule has 4 rings (SSSR count). The number of carboxylic acid groups (broad SMARTS) is 2. The van der Waals surface area contributed by atoms with Gasteiger partial charge < -0.3 is 15.9 Å². The summed E-state index contributed by atoms with van der Waals surface area (Å²) in [5.74, 6) is -2.43. The minimum atomic E-state index is -1.32. The minimum absolute atomic E-state index is 0.0126. The Morgan fingerprint density at radius 1 is 1.18 bits per heavy atom. The minimum Gasteiger partial charge on any atom is -0.478 e. The fraction of sp³-hybridized carbons (Fsp3) is 0.222. The number of imide groups is 1. The summed E-state index contributed by atoms with van der Waals surface area (Å²) in [7, 11) is 0. The van der Waals surface area contributed by atoms with Crippen molar-refractivity contribution in [2.24, 2.45) is 0 Å². The first-order valence-electron chi connectivity index (χ1n) is 8.38. The number of nitrogen functional groups attached to an aromatic ring is 1. The summed E-state index contributed by atoms with van der Waals surface area (Å²) < 4.78 is 0. The summed E-state index contributed by atoms with van der Waals surface area (Å²) in [6.45, 7) is -0.0239. The number of hydrogen-bond donors (Lipinski definition) is 3. The van der Waals surface area contributed by atoms with E-state index in [4.69, 9.17) is 5.73 Å². The number of benzene rings is 1. The third kappa shape index (κ3) is 2.53. The number of nitrogens with zero attached hydrogens (tertiary/aromatic N) is 2. The Labute approximate surface area is 162 Å². The molecule has 1 atom stereocenters. The van der Waals surface area contributed by atoms with Gasteiger partial charge in [-0.1, -0.05) is 18.2 Å². The van der Waals surface area contributed by atoms with Gasteiger partial charge in [-0.2, -0.15) is 0 Å². The van der Waals surface area contributed by atoms with Gasteiger partial charge in [0.1, 0.15) is 11.0 Å². The second-order valence-electron chi connectivity index (χ2n) is 6.50. The molecule has 1 aromatic carbocycles. The van der Waals surface area contributed by atoms with Gasteiger partial charge in [-0.25, -0.2) is 9.59 Å². The fourth-order valence-corrected chi connectivity index (χ4v) is 4.96. The average molecular weight is 401 g/mol. The van der Waals surface area contributed by atoms with E-state index >= 15 is 0 Å². The van der Waals surface area contributed by atoms with Crippen molar-refractivity contribution in [3.05, 3.63) is 51.4 Å². The monoisotopic (exact) mass is 401 g/mol. The van der Waals surface area contributed by atoms with Crippen LogP contribution in [0.5, 0.6) is 0 Å². The van der Waals surface area contributed by atoms with Gasteiger partial charge in [-0.3, -0.25) is 19.4 Å². The number of rotatable bonds is 2. The lowest BCUT2D eigenvalue weighted by atomic mass is 9.97. The smallest absolute Gasteiger partial charge is 0.408 e. The quantitative estimate of drug-likeness (QED) is 0.651. The second-order valence-corrected chi connectivity index (χ2v) is 7.59. The standard InChI is InChI=1S/C18H15N3O6S/c19-14-11(17(24)25)10-5-6-20(18(26)27)12(13(10)28-14)16(23)21-7-8-3-1-2-4-9(8)15(21)22/h1-4,12H,5-7,19H2,(H,24,25)(H,26,27). The molecule has 10 heteroatoms. The molecule has 9 nitrogen and oxygen atoms in total. The number of carbonyl (C=O) groups excluding carboxylic acids is 2. The van der Waals surface area contributed by atoms with Crippen LogP contribution in [-0.4, -0.2) is 50.4 Å². The van der Waals surface area contributed by atoms with Gasteiger partial charge in [-0.15, -0.1) is 11.3 Å². The molecule has 3 amide bonds. The molecule has 0 aliphatic carbocycles. The number of aromatic carboxylic acids is 1. The highest BCUT2D eigenvalue weighted by atomic mass is 32.1. The van der Waals surface area contributed by atoms with Crippen LogP contribution in [-0.2, 0) is 17.8 Å². The van der Waals surface area contributed by atoms with Gasteiger partial charge in [0.15, 0.2) is 0 Å². The van der Waals surface area contributed by atoms with Crippen molar-refractivity contribution in [3.63, 3.8) is 0 Å². The van der Waals surface area contributed by atoms with Gasteiger partial charge in [0.05, 0.1) is 12.1 Å². The highest BCUT2D eigenvalue weighted by Crippen LogP contribution is 2.42. The average Bonchev–Trinajstić information content (AvgIpc) is 3.17. The van der Waals surface area contributed by atoms with E-state index in [9.17, 15) is 29.4 Å². The lowest BCUT2D eigenvalue weighted by molar-refractivity contribution is -0.134. The molecule has 0 saturated carbocycles. The zero-order valence-corrected chi connectivity index (χ0v) is 15.2. The molecule has 28 heavy (non-hydrogen) atoms.